The van der Waals surface area contributed by atoms with E-state index in [-0.39, 0.29) is 17.5 Å². The lowest BCUT2D eigenvalue weighted by Crippen LogP contribution is -2.25. The molecule has 2 heterocycles. The minimum absolute atomic E-state index is 0.160. The van der Waals surface area contributed by atoms with E-state index in [4.69, 9.17) is 5.73 Å². The van der Waals surface area contributed by atoms with E-state index in [2.05, 4.69) is 9.72 Å². The smallest absolute Gasteiger partial charge is 0.343 e. The Balaban J connectivity index is 2.83. The predicted octanol–water partition coefficient (Wildman–Crippen LogP) is -0.0232. The third-order valence-corrected chi connectivity index (χ3v) is 2.79. The van der Waals surface area contributed by atoms with Crippen molar-refractivity contribution in [2.75, 3.05) is 7.11 Å². The zero-order valence-electron chi connectivity index (χ0n) is 11.0. The maximum absolute atomic E-state index is 12.2. The van der Waals surface area contributed by atoms with Crippen LogP contribution in [0.15, 0.2) is 23.1 Å². The number of ether oxygens (including phenoxy) is 1. The lowest BCUT2D eigenvalue weighted by molar-refractivity contribution is -0.118. The summed E-state index contributed by atoms with van der Waals surface area (Å²) >= 11 is 0. The average Bonchev–Trinajstić information content (AvgIpc) is 2.40. The molecule has 0 spiro atoms. The number of methoxy groups -OCH3 is 1. The Hall–Kier alpha value is -2.70. The number of nitrogens with zero attached hydrogens (tertiary/aromatic N) is 2. The Morgan fingerprint density at radius 3 is 2.70 bits per heavy atom. The highest BCUT2D eigenvalue weighted by Gasteiger charge is 2.17. The van der Waals surface area contributed by atoms with Gasteiger partial charge in [-0.25, -0.2) is 9.78 Å². The maximum atomic E-state index is 12.2. The van der Waals surface area contributed by atoms with Crippen LogP contribution in [0.4, 0.5) is 0 Å². The monoisotopic (exact) mass is 275 g/mol. The van der Waals surface area contributed by atoms with Crippen LogP contribution in [0.25, 0.3) is 11.0 Å². The van der Waals surface area contributed by atoms with Gasteiger partial charge >= 0.3 is 5.97 Å². The van der Waals surface area contributed by atoms with Gasteiger partial charge in [-0.1, -0.05) is 0 Å². The third-order valence-electron chi connectivity index (χ3n) is 2.79. The molecule has 0 aliphatic rings. The van der Waals surface area contributed by atoms with Crippen LogP contribution in [0.1, 0.15) is 16.1 Å². The van der Waals surface area contributed by atoms with Crippen LogP contribution in [0.2, 0.25) is 0 Å². The molecule has 0 aliphatic carbocycles. The number of carbonyl (C=O) groups is 2. The van der Waals surface area contributed by atoms with Gasteiger partial charge in [0.2, 0.25) is 11.3 Å². The molecule has 2 rings (SSSR count). The Labute approximate surface area is 114 Å². The molecular weight excluding hydrogens is 262 g/mol. The first-order valence-corrected chi connectivity index (χ1v) is 5.81. The lowest BCUT2D eigenvalue weighted by atomic mass is 10.2. The summed E-state index contributed by atoms with van der Waals surface area (Å²) in [4.78, 5) is 39.1. The van der Waals surface area contributed by atoms with Crippen LogP contribution in [0.5, 0.6) is 0 Å². The summed E-state index contributed by atoms with van der Waals surface area (Å²) in [6, 6.07) is 3.21. The normalized spacial score (nSPS) is 10.5. The summed E-state index contributed by atoms with van der Waals surface area (Å²) < 4.78 is 5.93. The van der Waals surface area contributed by atoms with Crippen molar-refractivity contribution in [3.8, 4) is 0 Å². The van der Waals surface area contributed by atoms with Gasteiger partial charge in [0.05, 0.1) is 12.5 Å². The summed E-state index contributed by atoms with van der Waals surface area (Å²) in [6.45, 7) is 1.57. The number of fused-ring (bicyclic) bond motifs is 1. The van der Waals surface area contributed by atoms with E-state index in [1.165, 1.54) is 17.9 Å². The van der Waals surface area contributed by atoms with E-state index in [1.807, 2.05) is 0 Å². The number of aromatic nitrogens is 2. The van der Waals surface area contributed by atoms with Gasteiger partial charge in [-0.15, -0.1) is 0 Å². The molecule has 0 unspecified atom stereocenters. The number of amides is 1. The molecule has 0 saturated heterocycles. The van der Waals surface area contributed by atoms with Gasteiger partial charge < -0.3 is 15.0 Å². The van der Waals surface area contributed by atoms with Crippen LogP contribution < -0.4 is 11.2 Å². The number of primary amides is 1. The van der Waals surface area contributed by atoms with Crippen molar-refractivity contribution in [1.29, 1.82) is 0 Å². The standard InChI is InChI=1S/C13H13N3O4/c1-7-3-4-8-11(18)9(13(19)20-2)5-16(6-10(14)17)12(8)15-7/h3-5H,6H2,1-2H3,(H2,14,17). The SMILES string of the molecule is COC(=O)c1cn(CC(N)=O)c2nc(C)ccc2c1=O. The zero-order chi connectivity index (χ0) is 14.9. The number of hydrogen-bond acceptors (Lipinski definition) is 5. The van der Waals surface area contributed by atoms with Gasteiger partial charge in [0.15, 0.2) is 0 Å². The molecule has 0 fully saturated rings. The van der Waals surface area contributed by atoms with Gasteiger partial charge in [0.1, 0.15) is 17.8 Å². The van der Waals surface area contributed by atoms with Crippen LogP contribution in [-0.4, -0.2) is 28.5 Å². The number of aryl methyl sites for hydroxylation is 1. The molecule has 2 N–H and O–H groups in total. The molecule has 7 nitrogen and oxygen atoms in total. The first-order chi connectivity index (χ1) is 9.43. The van der Waals surface area contributed by atoms with Crippen molar-refractivity contribution in [2.24, 2.45) is 5.73 Å². The number of pyridine rings is 2. The van der Waals surface area contributed by atoms with Crippen molar-refractivity contribution in [2.45, 2.75) is 13.5 Å². The molecule has 0 bridgehead atoms. The molecule has 0 atom stereocenters. The van der Waals surface area contributed by atoms with Gasteiger partial charge in [-0.3, -0.25) is 9.59 Å². The highest BCUT2D eigenvalue weighted by atomic mass is 16.5. The number of rotatable bonds is 3. The molecule has 0 saturated carbocycles. The van der Waals surface area contributed by atoms with Crippen molar-refractivity contribution >= 4 is 22.9 Å². The lowest BCUT2D eigenvalue weighted by Gasteiger charge is -2.10. The quantitative estimate of drug-likeness (QED) is 0.792. The summed E-state index contributed by atoms with van der Waals surface area (Å²) in [5.41, 5.74) is 5.51. The van der Waals surface area contributed by atoms with E-state index in [1.54, 1.807) is 19.1 Å². The van der Waals surface area contributed by atoms with Crippen LogP contribution in [-0.2, 0) is 16.1 Å². The predicted molar refractivity (Wildman–Crippen MR) is 71.3 cm³/mol. The molecule has 1 amide bonds. The number of nitrogens with two attached hydrogens (primary N) is 1. The first kappa shape index (κ1) is 13.7. The summed E-state index contributed by atoms with van der Waals surface area (Å²) in [7, 11) is 1.18. The number of carbonyl (C=O) groups excluding carboxylic acids is 2. The van der Waals surface area contributed by atoms with Crippen molar-refractivity contribution in [3.05, 3.63) is 39.8 Å². The summed E-state index contributed by atoms with van der Waals surface area (Å²) in [5.74, 6) is -1.37. The van der Waals surface area contributed by atoms with Crippen LogP contribution >= 0.6 is 0 Å². The minimum Gasteiger partial charge on any atom is -0.465 e. The second-order valence-corrected chi connectivity index (χ2v) is 4.28. The first-order valence-electron chi connectivity index (χ1n) is 5.81. The van der Waals surface area contributed by atoms with E-state index < -0.39 is 17.3 Å². The van der Waals surface area contributed by atoms with Gasteiger partial charge in [0.25, 0.3) is 0 Å². The van der Waals surface area contributed by atoms with Crippen molar-refractivity contribution in [1.82, 2.24) is 9.55 Å². The topological polar surface area (TPSA) is 104 Å². The largest absolute Gasteiger partial charge is 0.465 e. The maximum Gasteiger partial charge on any atom is 0.343 e. The highest BCUT2D eigenvalue weighted by Crippen LogP contribution is 2.11. The number of hydrogen-bond donors (Lipinski definition) is 1. The molecule has 7 heteroatoms. The van der Waals surface area contributed by atoms with Crippen molar-refractivity contribution in [3.63, 3.8) is 0 Å². The second-order valence-electron chi connectivity index (χ2n) is 4.28. The third kappa shape index (κ3) is 2.37. The number of esters is 1. The van der Waals surface area contributed by atoms with Crippen molar-refractivity contribution < 1.29 is 14.3 Å². The highest BCUT2D eigenvalue weighted by molar-refractivity contribution is 5.93. The average molecular weight is 275 g/mol. The van der Waals surface area contributed by atoms with E-state index in [0.717, 1.165) is 0 Å². The molecule has 104 valence electrons. The fraction of sp³-hybridized carbons (Fsp3) is 0.231. The van der Waals surface area contributed by atoms with Gasteiger partial charge in [0, 0.05) is 11.9 Å². The van der Waals surface area contributed by atoms with E-state index in [9.17, 15) is 14.4 Å². The molecule has 0 aromatic carbocycles. The fourth-order valence-electron chi connectivity index (χ4n) is 1.90. The zero-order valence-corrected chi connectivity index (χ0v) is 11.0. The Bertz CT molecular complexity index is 764. The molecule has 2 aromatic heterocycles. The molecule has 2 aromatic rings. The summed E-state index contributed by atoms with van der Waals surface area (Å²) in [5, 5.41) is 0.236. The Morgan fingerprint density at radius 2 is 2.10 bits per heavy atom. The van der Waals surface area contributed by atoms with E-state index >= 15 is 0 Å². The summed E-state index contributed by atoms with van der Waals surface area (Å²) in [6.07, 6.45) is 1.24. The van der Waals surface area contributed by atoms with Crippen LogP contribution in [0.3, 0.4) is 0 Å². The molecule has 0 aliphatic heterocycles. The molecule has 0 radical (unpaired) electrons. The molecule has 20 heavy (non-hydrogen) atoms. The molecular formula is C13H13N3O4. The van der Waals surface area contributed by atoms with Gasteiger partial charge in [-0.2, -0.15) is 0 Å². The Kier molecular flexibility index (Phi) is 3.51. The van der Waals surface area contributed by atoms with Crippen LogP contribution in [0, 0.1) is 6.92 Å². The minimum atomic E-state index is -0.768. The second kappa shape index (κ2) is 5.12. The van der Waals surface area contributed by atoms with E-state index in [0.29, 0.717) is 11.3 Å². The Morgan fingerprint density at radius 1 is 1.40 bits per heavy atom. The fourth-order valence-corrected chi connectivity index (χ4v) is 1.90. The van der Waals surface area contributed by atoms with Gasteiger partial charge in [-0.05, 0) is 19.1 Å².